The van der Waals surface area contributed by atoms with Crippen LogP contribution in [0.5, 0.6) is 0 Å². The quantitative estimate of drug-likeness (QED) is 0.448. The number of anilines is 1. The molecule has 28 heavy (non-hydrogen) atoms. The summed E-state index contributed by atoms with van der Waals surface area (Å²) in [5.41, 5.74) is 2.20. The number of thiophene rings is 1. The van der Waals surface area contributed by atoms with Gasteiger partial charge in [0.15, 0.2) is 5.13 Å². The molecule has 4 aromatic rings. The zero-order valence-corrected chi connectivity index (χ0v) is 17.1. The van der Waals surface area contributed by atoms with Gasteiger partial charge in [0.05, 0.1) is 17.2 Å². The predicted molar refractivity (Wildman–Crippen MR) is 110 cm³/mol. The van der Waals surface area contributed by atoms with Crippen LogP contribution in [-0.2, 0) is 11.3 Å². The third kappa shape index (κ3) is 3.34. The molecule has 3 heterocycles. The van der Waals surface area contributed by atoms with Crippen molar-refractivity contribution in [2.45, 2.75) is 20.5 Å². The standard InChI is InChI=1S/C20H17FN2O3S2/c1-10-7-12(11(2)26-10)15-9-27-20(22-15)23-19(24)18-13(8-25-3)17-14(21)5-4-6-16(17)28-18/h4-7,9H,8H2,1-3H3,(H,22,23,24). The lowest BCUT2D eigenvalue weighted by Crippen LogP contribution is -2.12. The van der Waals surface area contributed by atoms with Crippen LogP contribution >= 0.6 is 22.7 Å². The minimum Gasteiger partial charge on any atom is -0.466 e. The van der Waals surface area contributed by atoms with Gasteiger partial charge in [0.1, 0.15) is 17.3 Å². The molecular weight excluding hydrogens is 399 g/mol. The Labute approximate surface area is 168 Å². The SMILES string of the molecule is COCc1c(C(=O)Nc2nc(-c3cc(C)oc3C)cs2)sc2cccc(F)c12. The number of carbonyl (C=O) groups excluding carboxylic acids is 1. The Bertz CT molecular complexity index is 1180. The second-order valence-electron chi connectivity index (χ2n) is 6.27. The number of rotatable bonds is 5. The van der Waals surface area contributed by atoms with Gasteiger partial charge in [0.2, 0.25) is 0 Å². The maximum atomic E-state index is 14.3. The van der Waals surface area contributed by atoms with Crippen molar-refractivity contribution in [3.63, 3.8) is 0 Å². The summed E-state index contributed by atoms with van der Waals surface area (Å²) in [6.07, 6.45) is 0. The normalized spacial score (nSPS) is 11.3. The van der Waals surface area contributed by atoms with Crippen LogP contribution in [0.3, 0.4) is 0 Å². The number of methoxy groups -OCH3 is 1. The van der Waals surface area contributed by atoms with E-state index < -0.39 is 0 Å². The molecular formula is C20H17FN2O3S2. The fourth-order valence-electron chi connectivity index (χ4n) is 3.13. The molecule has 0 spiro atoms. The first-order valence-electron chi connectivity index (χ1n) is 8.51. The van der Waals surface area contributed by atoms with E-state index in [0.29, 0.717) is 25.7 Å². The molecule has 1 aromatic carbocycles. The van der Waals surface area contributed by atoms with Crippen LogP contribution in [0.15, 0.2) is 34.1 Å². The number of aromatic nitrogens is 1. The van der Waals surface area contributed by atoms with Gasteiger partial charge in [-0.05, 0) is 32.0 Å². The number of fused-ring (bicyclic) bond motifs is 1. The fraction of sp³-hybridized carbons (Fsp3) is 0.200. The van der Waals surface area contributed by atoms with E-state index in [-0.39, 0.29) is 18.3 Å². The van der Waals surface area contributed by atoms with Crippen LogP contribution in [0, 0.1) is 19.7 Å². The van der Waals surface area contributed by atoms with Crippen molar-refractivity contribution in [2.24, 2.45) is 0 Å². The van der Waals surface area contributed by atoms with Crippen LogP contribution in [0.4, 0.5) is 9.52 Å². The number of hydrogen-bond acceptors (Lipinski definition) is 6. The summed E-state index contributed by atoms with van der Waals surface area (Å²) >= 11 is 2.57. The summed E-state index contributed by atoms with van der Waals surface area (Å²) in [7, 11) is 1.52. The summed E-state index contributed by atoms with van der Waals surface area (Å²) in [6.45, 7) is 3.91. The average molecular weight is 416 g/mol. The highest BCUT2D eigenvalue weighted by Gasteiger charge is 2.22. The zero-order chi connectivity index (χ0) is 19.8. The van der Waals surface area contributed by atoms with Crippen molar-refractivity contribution in [3.05, 3.63) is 57.4 Å². The molecule has 4 rings (SSSR count). The van der Waals surface area contributed by atoms with Crippen molar-refractivity contribution in [2.75, 3.05) is 12.4 Å². The third-order valence-corrected chi connectivity index (χ3v) is 6.25. The van der Waals surface area contributed by atoms with Gasteiger partial charge in [0.25, 0.3) is 5.91 Å². The van der Waals surface area contributed by atoms with Crippen molar-refractivity contribution in [3.8, 4) is 11.3 Å². The molecule has 3 aromatic heterocycles. The second kappa shape index (κ2) is 7.46. The molecule has 0 aliphatic carbocycles. The molecule has 0 saturated heterocycles. The summed E-state index contributed by atoms with van der Waals surface area (Å²) in [4.78, 5) is 17.8. The smallest absolute Gasteiger partial charge is 0.267 e. The first-order valence-corrected chi connectivity index (χ1v) is 10.2. The number of nitrogens with one attached hydrogen (secondary N) is 1. The van der Waals surface area contributed by atoms with Gasteiger partial charge < -0.3 is 9.15 Å². The summed E-state index contributed by atoms with van der Waals surface area (Å²) < 4.78 is 25.8. The molecule has 0 aliphatic rings. The van der Waals surface area contributed by atoms with Gasteiger partial charge >= 0.3 is 0 Å². The van der Waals surface area contributed by atoms with Gasteiger partial charge in [-0.25, -0.2) is 9.37 Å². The number of ether oxygens (including phenoxy) is 1. The summed E-state index contributed by atoms with van der Waals surface area (Å²) in [6, 6.07) is 6.74. The maximum Gasteiger partial charge on any atom is 0.267 e. The molecule has 0 aliphatic heterocycles. The van der Waals surface area contributed by atoms with Crippen LogP contribution in [0.1, 0.15) is 26.8 Å². The molecule has 0 fully saturated rings. The first-order chi connectivity index (χ1) is 13.5. The number of furan rings is 1. The van der Waals surface area contributed by atoms with Gasteiger partial charge in [0, 0.05) is 33.7 Å². The highest BCUT2D eigenvalue weighted by Crippen LogP contribution is 2.35. The molecule has 0 radical (unpaired) electrons. The van der Waals surface area contributed by atoms with E-state index in [4.69, 9.17) is 9.15 Å². The van der Waals surface area contributed by atoms with E-state index in [0.717, 1.165) is 22.8 Å². The van der Waals surface area contributed by atoms with Crippen LogP contribution in [-0.4, -0.2) is 18.0 Å². The Kier molecular flexibility index (Phi) is 5.01. The molecule has 144 valence electrons. The van der Waals surface area contributed by atoms with Gasteiger partial charge in [-0.2, -0.15) is 0 Å². The molecule has 1 N–H and O–H groups in total. The Morgan fingerprint density at radius 1 is 1.36 bits per heavy atom. The van der Waals surface area contributed by atoms with E-state index in [9.17, 15) is 9.18 Å². The average Bonchev–Trinajstić information content (AvgIpc) is 3.33. The maximum absolute atomic E-state index is 14.3. The van der Waals surface area contributed by atoms with E-state index in [1.165, 1.54) is 35.8 Å². The third-order valence-electron chi connectivity index (χ3n) is 4.30. The number of thiazole rings is 1. The van der Waals surface area contributed by atoms with Crippen molar-refractivity contribution in [1.29, 1.82) is 0 Å². The van der Waals surface area contributed by atoms with Crippen molar-refractivity contribution >= 4 is 43.8 Å². The number of benzene rings is 1. The molecule has 5 nitrogen and oxygen atoms in total. The Morgan fingerprint density at radius 3 is 2.89 bits per heavy atom. The second-order valence-corrected chi connectivity index (χ2v) is 8.18. The van der Waals surface area contributed by atoms with Crippen molar-refractivity contribution in [1.82, 2.24) is 4.98 Å². The highest BCUT2D eigenvalue weighted by molar-refractivity contribution is 7.21. The van der Waals surface area contributed by atoms with E-state index >= 15 is 0 Å². The molecule has 0 unspecified atom stereocenters. The highest BCUT2D eigenvalue weighted by atomic mass is 32.1. The molecule has 8 heteroatoms. The van der Waals surface area contributed by atoms with Crippen LogP contribution in [0.25, 0.3) is 21.3 Å². The largest absolute Gasteiger partial charge is 0.466 e. The Hall–Kier alpha value is -2.55. The number of aryl methyl sites for hydroxylation is 2. The van der Waals surface area contributed by atoms with Gasteiger partial charge in [-0.3, -0.25) is 10.1 Å². The molecule has 1 amide bonds. The van der Waals surface area contributed by atoms with Crippen LogP contribution in [0.2, 0.25) is 0 Å². The first kappa shape index (κ1) is 18.8. The van der Waals surface area contributed by atoms with E-state index in [1.54, 1.807) is 12.1 Å². The Balaban J connectivity index is 1.65. The monoisotopic (exact) mass is 416 g/mol. The minimum absolute atomic E-state index is 0.153. The van der Waals surface area contributed by atoms with Gasteiger partial charge in [-0.15, -0.1) is 22.7 Å². The lowest BCUT2D eigenvalue weighted by molar-refractivity contribution is 0.102. The lowest BCUT2D eigenvalue weighted by atomic mass is 10.1. The number of hydrogen-bond donors (Lipinski definition) is 1. The molecule has 0 bridgehead atoms. The number of nitrogens with zero attached hydrogens (tertiary/aromatic N) is 1. The van der Waals surface area contributed by atoms with Gasteiger partial charge in [-0.1, -0.05) is 6.07 Å². The molecule has 0 atom stereocenters. The Morgan fingerprint density at radius 2 is 2.18 bits per heavy atom. The van der Waals surface area contributed by atoms with Crippen molar-refractivity contribution < 1.29 is 18.3 Å². The lowest BCUT2D eigenvalue weighted by Gasteiger charge is -2.04. The molecule has 0 saturated carbocycles. The van der Waals surface area contributed by atoms with E-state index in [2.05, 4.69) is 10.3 Å². The zero-order valence-electron chi connectivity index (χ0n) is 15.5. The van der Waals surface area contributed by atoms with E-state index in [1.807, 2.05) is 25.3 Å². The number of amides is 1. The number of halogens is 1. The van der Waals surface area contributed by atoms with Crippen LogP contribution < -0.4 is 5.32 Å². The summed E-state index contributed by atoms with van der Waals surface area (Å²) in [5, 5.41) is 5.60. The topological polar surface area (TPSA) is 64.4 Å². The minimum atomic E-state index is -0.359. The fourth-order valence-corrected chi connectivity index (χ4v) is 4.95. The predicted octanol–water partition coefficient (Wildman–Crippen LogP) is 5.77. The number of carbonyl (C=O) groups is 1. The summed E-state index contributed by atoms with van der Waals surface area (Å²) in [5.74, 6) is 0.904.